The van der Waals surface area contributed by atoms with Crippen molar-refractivity contribution in [2.24, 2.45) is 0 Å². The van der Waals surface area contributed by atoms with Gasteiger partial charge in [-0.3, -0.25) is 9.59 Å². The fourth-order valence-corrected chi connectivity index (χ4v) is 4.20. The van der Waals surface area contributed by atoms with Crippen LogP contribution in [0, 0.1) is 11.6 Å². The highest BCUT2D eigenvalue weighted by atomic mass is 19.4. The van der Waals surface area contributed by atoms with E-state index in [0.717, 1.165) is 29.2 Å². The quantitative estimate of drug-likeness (QED) is 0.260. The molecular weight excluding hydrogens is 549 g/mol. The number of aromatic nitrogens is 5. The molecule has 0 spiro atoms. The summed E-state index contributed by atoms with van der Waals surface area (Å²) in [5.41, 5.74) is -5.01. The summed E-state index contributed by atoms with van der Waals surface area (Å²) in [7, 11) is 0. The Balaban J connectivity index is 1.53. The molecule has 0 aliphatic heterocycles. The molecule has 3 heterocycles. The van der Waals surface area contributed by atoms with Crippen molar-refractivity contribution in [3.63, 3.8) is 0 Å². The standard InChI is InChI=1S/C25H21F7N6O2/c1-2-14(36-16-11-35-37-23(39)18(16)25(30,31)32)4-3-6-38-7-5-12-8-15(19(26)20(27)17(12)24(38)40)22-33-9-13(10-34-22)21(28)29/h5,7-11,14,21H,2-4,6H2,1H3,(H2,36,37,39)/t14-/m0/s1. The minimum atomic E-state index is -4.91. The third-order valence-corrected chi connectivity index (χ3v) is 6.25. The molecule has 1 atom stereocenters. The lowest BCUT2D eigenvalue weighted by Gasteiger charge is -2.20. The summed E-state index contributed by atoms with van der Waals surface area (Å²) in [6.07, 6.45) is -3.04. The second-order valence-corrected chi connectivity index (χ2v) is 8.85. The molecule has 1 aromatic carbocycles. The van der Waals surface area contributed by atoms with Gasteiger partial charge in [0.15, 0.2) is 17.5 Å². The number of nitrogens with zero attached hydrogens (tertiary/aromatic N) is 4. The Morgan fingerprint density at radius 1 is 1.07 bits per heavy atom. The van der Waals surface area contributed by atoms with Crippen molar-refractivity contribution >= 4 is 16.5 Å². The van der Waals surface area contributed by atoms with E-state index in [0.29, 0.717) is 6.42 Å². The van der Waals surface area contributed by atoms with Gasteiger partial charge in [0.25, 0.3) is 17.5 Å². The van der Waals surface area contributed by atoms with Gasteiger partial charge in [-0.25, -0.2) is 32.6 Å². The first-order chi connectivity index (χ1) is 18.9. The summed E-state index contributed by atoms with van der Waals surface area (Å²) >= 11 is 0. The topological polar surface area (TPSA) is 106 Å². The number of benzene rings is 1. The van der Waals surface area contributed by atoms with E-state index in [4.69, 9.17) is 0 Å². The van der Waals surface area contributed by atoms with E-state index in [1.165, 1.54) is 12.3 Å². The molecule has 0 saturated carbocycles. The van der Waals surface area contributed by atoms with Crippen LogP contribution >= 0.6 is 0 Å². The van der Waals surface area contributed by atoms with E-state index in [9.17, 15) is 35.9 Å². The molecule has 4 aromatic rings. The van der Waals surface area contributed by atoms with Crippen molar-refractivity contribution in [3.05, 3.63) is 80.4 Å². The number of H-pyrrole nitrogens is 1. The zero-order chi connectivity index (χ0) is 29.2. The molecule has 212 valence electrons. The number of hydrogen-bond donors (Lipinski definition) is 2. The van der Waals surface area contributed by atoms with Gasteiger partial charge in [0, 0.05) is 31.2 Å². The lowest BCUT2D eigenvalue weighted by Crippen LogP contribution is -2.28. The minimum Gasteiger partial charge on any atom is -0.380 e. The number of aryl methyl sites for hydroxylation is 1. The fraction of sp³-hybridized carbons (Fsp3) is 0.320. The van der Waals surface area contributed by atoms with Crippen LogP contribution in [0.1, 0.15) is 43.7 Å². The highest BCUT2D eigenvalue weighted by Crippen LogP contribution is 2.32. The molecule has 8 nitrogen and oxygen atoms in total. The summed E-state index contributed by atoms with van der Waals surface area (Å²) in [6, 6.07) is 1.99. The molecule has 0 aliphatic carbocycles. The molecule has 0 unspecified atom stereocenters. The lowest BCUT2D eigenvalue weighted by atomic mass is 10.1. The SMILES string of the molecule is CC[C@@H](CCCn1ccc2cc(-c3ncc(C(F)F)cn3)c(F)c(F)c2c1=O)Nc1cn[nH]c(=O)c1C(F)(F)F. The van der Waals surface area contributed by atoms with Crippen LogP contribution < -0.4 is 16.4 Å². The zero-order valence-corrected chi connectivity index (χ0v) is 20.7. The first kappa shape index (κ1) is 28.7. The maximum Gasteiger partial charge on any atom is 0.423 e. The Hall–Kier alpha value is -4.30. The van der Waals surface area contributed by atoms with Crippen LogP contribution in [0.25, 0.3) is 22.2 Å². The molecule has 0 saturated heterocycles. The third-order valence-electron chi connectivity index (χ3n) is 6.25. The van der Waals surface area contributed by atoms with Gasteiger partial charge in [-0.1, -0.05) is 6.92 Å². The number of halogens is 7. The maximum absolute atomic E-state index is 15.0. The predicted molar refractivity (Wildman–Crippen MR) is 131 cm³/mol. The van der Waals surface area contributed by atoms with Gasteiger partial charge in [0.1, 0.15) is 5.56 Å². The summed E-state index contributed by atoms with van der Waals surface area (Å²) < 4.78 is 96.5. The van der Waals surface area contributed by atoms with Crippen LogP contribution in [0.4, 0.5) is 36.4 Å². The number of pyridine rings is 1. The molecular formula is C25H21F7N6O2. The van der Waals surface area contributed by atoms with Crippen molar-refractivity contribution in [2.45, 2.75) is 51.4 Å². The number of aromatic amines is 1. The largest absolute Gasteiger partial charge is 0.423 e. The van der Waals surface area contributed by atoms with Crippen LogP contribution in [-0.4, -0.2) is 30.8 Å². The number of anilines is 1. The molecule has 0 fully saturated rings. The van der Waals surface area contributed by atoms with Crippen LogP contribution in [-0.2, 0) is 12.7 Å². The summed E-state index contributed by atoms with van der Waals surface area (Å²) in [5.74, 6) is -3.22. The number of hydrogen-bond acceptors (Lipinski definition) is 6. The summed E-state index contributed by atoms with van der Waals surface area (Å²) in [5, 5.41) is 7.34. The molecule has 3 aromatic heterocycles. The average molecular weight is 570 g/mol. The first-order valence-electron chi connectivity index (χ1n) is 11.9. The van der Waals surface area contributed by atoms with Crippen LogP contribution in [0.2, 0.25) is 0 Å². The maximum atomic E-state index is 15.0. The second kappa shape index (κ2) is 11.4. The van der Waals surface area contributed by atoms with Crippen LogP contribution in [0.3, 0.4) is 0 Å². The van der Waals surface area contributed by atoms with Crippen molar-refractivity contribution in [3.8, 4) is 11.4 Å². The van der Waals surface area contributed by atoms with Gasteiger partial charge < -0.3 is 9.88 Å². The van der Waals surface area contributed by atoms with Crippen LogP contribution in [0.15, 0.2) is 46.5 Å². The Kier molecular flexibility index (Phi) is 8.21. The van der Waals surface area contributed by atoms with Gasteiger partial charge in [-0.05, 0) is 36.8 Å². The smallest absolute Gasteiger partial charge is 0.380 e. The van der Waals surface area contributed by atoms with Crippen molar-refractivity contribution < 1.29 is 30.7 Å². The van der Waals surface area contributed by atoms with Gasteiger partial charge in [-0.2, -0.15) is 18.3 Å². The van der Waals surface area contributed by atoms with Gasteiger partial charge in [0.2, 0.25) is 0 Å². The van der Waals surface area contributed by atoms with E-state index in [2.05, 4.69) is 20.4 Å². The van der Waals surface area contributed by atoms with Gasteiger partial charge in [-0.15, -0.1) is 0 Å². The number of nitrogens with one attached hydrogen (secondary N) is 2. The zero-order valence-electron chi connectivity index (χ0n) is 20.7. The lowest BCUT2D eigenvalue weighted by molar-refractivity contribution is -0.138. The molecule has 2 N–H and O–H groups in total. The van der Waals surface area contributed by atoms with E-state index in [1.54, 1.807) is 12.0 Å². The Labute approximate surface area is 220 Å². The molecule has 0 amide bonds. The highest BCUT2D eigenvalue weighted by molar-refractivity contribution is 5.86. The Bertz CT molecular complexity index is 1630. The minimum absolute atomic E-state index is 0.0336. The number of rotatable bonds is 9. The number of fused-ring (bicyclic) bond motifs is 1. The number of alkyl halides is 5. The molecule has 0 aliphatic rings. The van der Waals surface area contributed by atoms with E-state index in [1.807, 2.05) is 0 Å². The second-order valence-electron chi connectivity index (χ2n) is 8.85. The third kappa shape index (κ3) is 5.82. The monoisotopic (exact) mass is 570 g/mol. The molecule has 0 radical (unpaired) electrons. The molecule has 0 bridgehead atoms. The van der Waals surface area contributed by atoms with Crippen molar-refractivity contribution in [1.29, 1.82) is 0 Å². The first-order valence-corrected chi connectivity index (χ1v) is 11.9. The Morgan fingerprint density at radius 3 is 2.40 bits per heavy atom. The molecule has 15 heteroatoms. The molecule has 40 heavy (non-hydrogen) atoms. The summed E-state index contributed by atoms with van der Waals surface area (Å²) in [4.78, 5) is 32.0. The van der Waals surface area contributed by atoms with E-state index in [-0.39, 0.29) is 30.6 Å². The highest BCUT2D eigenvalue weighted by Gasteiger charge is 2.37. The fourth-order valence-electron chi connectivity index (χ4n) is 4.20. The average Bonchev–Trinajstić information content (AvgIpc) is 2.90. The summed E-state index contributed by atoms with van der Waals surface area (Å²) in [6.45, 7) is 1.75. The van der Waals surface area contributed by atoms with Gasteiger partial charge >= 0.3 is 6.18 Å². The Morgan fingerprint density at radius 2 is 1.77 bits per heavy atom. The van der Waals surface area contributed by atoms with Crippen LogP contribution in [0.5, 0.6) is 0 Å². The normalized spacial score (nSPS) is 12.7. The van der Waals surface area contributed by atoms with Crippen molar-refractivity contribution in [2.75, 3.05) is 5.32 Å². The molecule has 4 rings (SSSR count). The van der Waals surface area contributed by atoms with E-state index >= 15 is 4.39 Å². The van der Waals surface area contributed by atoms with Gasteiger partial charge in [0.05, 0.1) is 28.4 Å². The van der Waals surface area contributed by atoms with Crippen molar-refractivity contribution in [1.82, 2.24) is 24.7 Å². The van der Waals surface area contributed by atoms with E-state index < -0.39 is 69.2 Å². The predicted octanol–water partition coefficient (Wildman–Crippen LogP) is 5.45.